The minimum absolute atomic E-state index is 0.0495. The first-order valence-electron chi connectivity index (χ1n) is 8.53. The third kappa shape index (κ3) is 6.08. The SMILES string of the molecule is CC[C@H](C)[C@H](NC(=O)OCc1ccccc1)C(=O)Nc1ccc(Cl)cc1. The molecular weight excluding hydrogens is 352 g/mol. The average molecular weight is 375 g/mol. The van der Waals surface area contributed by atoms with Gasteiger partial charge in [-0.2, -0.15) is 0 Å². The van der Waals surface area contributed by atoms with E-state index in [9.17, 15) is 9.59 Å². The summed E-state index contributed by atoms with van der Waals surface area (Å²) in [6, 6.07) is 15.5. The van der Waals surface area contributed by atoms with Crippen molar-refractivity contribution in [2.24, 2.45) is 5.92 Å². The fourth-order valence-electron chi connectivity index (χ4n) is 2.35. The molecule has 26 heavy (non-hydrogen) atoms. The topological polar surface area (TPSA) is 67.4 Å². The summed E-state index contributed by atoms with van der Waals surface area (Å²) in [7, 11) is 0. The maximum Gasteiger partial charge on any atom is 0.408 e. The van der Waals surface area contributed by atoms with E-state index in [0.29, 0.717) is 10.7 Å². The number of benzene rings is 2. The molecule has 0 spiro atoms. The molecule has 2 atom stereocenters. The quantitative estimate of drug-likeness (QED) is 0.743. The fraction of sp³-hybridized carbons (Fsp3) is 0.300. The van der Waals surface area contributed by atoms with E-state index in [0.717, 1.165) is 12.0 Å². The highest BCUT2D eigenvalue weighted by molar-refractivity contribution is 6.30. The third-order valence-corrected chi connectivity index (χ3v) is 4.35. The number of carbonyl (C=O) groups is 2. The molecule has 138 valence electrons. The molecule has 2 N–H and O–H groups in total. The summed E-state index contributed by atoms with van der Waals surface area (Å²) < 4.78 is 5.22. The number of amides is 2. The summed E-state index contributed by atoms with van der Waals surface area (Å²) in [5.41, 5.74) is 1.50. The van der Waals surface area contributed by atoms with Gasteiger partial charge >= 0.3 is 6.09 Å². The summed E-state index contributed by atoms with van der Waals surface area (Å²) in [5, 5.41) is 6.05. The van der Waals surface area contributed by atoms with Crippen LogP contribution in [0.3, 0.4) is 0 Å². The van der Waals surface area contributed by atoms with Crippen LogP contribution in [0.1, 0.15) is 25.8 Å². The van der Waals surface area contributed by atoms with Gasteiger partial charge in [-0.25, -0.2) is 4.79 Å². The van der Waals surface area contributed by atoms with Gasteiger partial charge in [-0.05, 0) is 35.7 Å². The van der Waals surface area contributed by atoms with E-state index in [1.807, 2.05) is 44.2 Å². The van der Waals surface area contributed by atoms with E-state index in [1.165, 1.54) is 0 Å². The first-order chi connectivity index (χ1) is 12.5. The van der Waals surface area contributed by atoms with Crippen LogP contribution in [0, 0.1) is 5.92 Å². The molecule has 0 saturated carbocycles. The van der Waals surface area contributed by atoms with Crippen molar-refractivity contribution in [1.29, 1.82) is 0 Å². The molecule has 0 saturated heterocycles. The number of carbonyl (C=O) groups excluding carboxylic acids is 2. The van der Waals surface area contributed by atoms with Crippen molar-refractivity contribution in [2.75, 3.05) is 5.32 Å². The van der Waals surface area contributed by atoms with Crippen LogP contribution >= 0.6 is 11.6 Å². The molecule has 2 rings (SSSR count). The van der Waals surface area contributed by atoms with Gasteiger partial charge in [0.25, 0.3) is 0 Å². The zero-order valence-electron chi connectivity index (χ0n) is 14.9. The van der Waals surface area contributed by atoms with Gasteiger partial charge in [0.15, 0.2) is 0 Å². The Hall–Kier alpha value is -2.53. The molecule has 0 unspecified atom stereocenters. The number of halogens is 1. The molecule has 2 aromatic rings. The Labute approximate surface area is 158 Å². The normalized spacial score (nSPS) is 12.7. The Bertz CT molecular complexity index is 720. The van der Waals surface area contributed by atoms with Crippen LogP contribution in [0.4, 0.5) is 10.5 Å². The highest BCUT2D eigenvalue weighted by atomic mass is 35.5. The minimum Gasteiger partial charge on any atom is -0.445 e. The van der Waals surface area contributed by atoms with Crippen LogP contribution in [0.15, 0.2) is 54.6 Å². The molecule has 0 heterocycles. The second kappa shape index (κ2) is 9.82. The number of anilines is 1. The van der Waals surface area contributed by atoms with Crippen LogP contribution in [0.25, 0.3) is 0 Å². The van der Waals surface area contributed by atoms with Crippen LogP contribution in [-0.2, 0) is 16.1 Å². The summed E-state index contributed by atoms with van der Waals surface area (Å²) in [4.78, 5) is 24.7. The first kappa shape index (κ1) is 19.8. The van der Waals surface area contributed by atoms with E-state index in [2.05, 4.69) is 10.6 Å². The molecule has 0 aliphatic rings. The van der Waals surface area contributed by atoms with Crippen molar-refractivity contribution < 1.29 is 14.3 Å². The molecule has 2 amide bonds. The molecule has 6 heteroatoms. The molecule has 0 aliphatic heterocycles. The van der Waals surface area contributed by atoms with Crippen molar-refractivity contribution >= 4 is 29.3 Å². The number of rotatable bonds is 7. The Balaban J connectivity index is 1.96. The van der Waals surface area contributed by atoms with Gasteiger partial charge in [0.05, 0.1) is 0 Å². The molecule has 5 nitrogen and oxygen atoms in total. The van der Waals surface area contributed by atoms with Gasteiger partial charge in [0, 0.05) is 10.7 Å². The summed E-state index contributed by atoms with van der Waals surface area (Å²) in [5.74, 6) is -0.343. The summed E-state index contributed by atoms with van der Waals surface area (Å²) in [6.45, 7) is 4.02. The molecule has 0 aliphatic carbocycles. The highest BCUT2D eigenvalue weighted by Gasteiger charge is 2.26. The minimum atomic E-state index is -0.695. The Morgan fingerprint density at radius 3 is 2.35 bits per heavy atom. The number of nitrogens with one attached hydrogen (secondary N) is 2. The second-order valence-corrected chi connectivity index (χ2v) is 6.50. The number of hydrogen-bond donors (Lipinski definition) is 2. The smallest absolute Gasteiger partial charge is 0.408 e. The van der Waals surface area contributed by atoms with E-state index >= 15 is 0 Å². The lowest BCUT2D eigenvalue weighted by Gasteiger charge is -2.23. The van der Waals surface area contributed by atoms with Crippen molar-refractivity contribution in [1.82, 2.24) is 5.32 Å². The number of ether oxygens (including phenoxy) is 1. The Kier molecular flexibility index (Phi) is 7.48. The predicted molar refractivity (Wildman–Crippen MR) is 103 cm³/mol. The van der Waals surface area contributed by atoms with E-state index < -0.39 is 12.1 Å². The van der Waals surface area contributed by atoms with Crippen molar-refractivity contribution in [3.05, 3.63) is 65.2 Å². The standard InChI is InChI=1S/C20H23ClN2O3/c1-3-14(2)18(19(24)22-17-11-9-16(21)10-12-17)23-20(25)26-13-15-7-5-4-6-8-15/h4-12,14,18H,3,13H2,1-2H3,(H,22,24)(H,23,25)/t14-,18-/m0/s1. The van der Waals surface area contributed by atoms with E-state index in [-0.39, 0.29) is 18.4 Å². The van der Waals surface area contributed by atoms with Crippen LogP contribution in [0.2, 0.25) is 5.02 Å². The molecule has 0 aromatic heterocycles. The maximum atomic E-state index is 12.6. The van der Waals surface area contributed by atoms with Crippen molar-refractivity contribution in [3.8, 4) is 0 Å². The average Bonchev–Trinajstić information content (AvgIpc) is 2.66. The first-order valence-corrected chi connectivity index (χ1v) is 8.91. The lowest BCUT2D eigenvalue weighted by molar-refractivity contribution is -0.119. The Morgan fingerprint density at radius 2 is 1.73 bits per heavy atom. The predicted octanol–water partition coefficient (Wildman–Crippen LogP) is 4.62. The van der Waals surface area contributed by atoms with Crippen molar-refractivity contribution in [3.63, 3.8) is 0 Å². The van der Waals surface area contributed by atoms with Gasteiger partial charge in [-0.1, -0.05) is 62.2 Å². The lowest BCUT2D eigenvalue weighted by Crippen LogP contribution is -2.47. The van der Waals surface area contributed by atoms with E-state index in [4.69, 9.17) is 16.3 Å². The highest BCUT2D eigenvalue weighted by Crippen LogP contribution is 2.16. The number of hydrogen-bond acceptors (Lipinski definition) is 3. The van der Waals surface area contributed by atoms with Crippen LogP contribution in [0.5, 0.6) is 0 Å². The van der Waals surface area contributed by atoms with Crippen LogP contribution in [-0.4, -0.2) is 18.0 Å². The number of alkyl carbamates (subject to hydrolysis) is 1. The van der Waals surface area contributed by atoms with Gasteiger partial charge < -0.3 is 15.4 Å². The molecule has 2 aromatic carbocycles. The lowest BCUT2D eigenvalue weighted by atomic mass is 9.98. The molecule has 0 fully saturated rings. The largest absolute Gasteiger partial charge is 0.445 e. The third-order valence-electron chi connectivity index (χ3n) is 4.09. The zero-order valence-corrected chi connectivity index (χ0v) is 15.6. The van der Waals surface area contributed by atoms with Crippen LogP contribution < -0.4 is 10.6 Å². The van der Waals surface area contributed by atoms with Gasteiger partial charge in [0.1, 0.15) is 12.6 Å². The summed E-state index contributed by atoms with van der Waals surface area (Å²) >= 11 is 5.85. The van der Waals surface area contributed by atoms with Gasteiger partial charge in [0.2, 0.25) is 5.91 Å². The molecular formula is C20H23ClN2O3. The van der Waals surface area contributed by atoms with Gasteiger partial charge in [-0.15, -0.1) is 0 Å². The second-order valence-electron chi connectivity index (χ2n) is 6.07. The monoisotopic (exact) mass is 374 g/mol. The van der Waals surface area contributed by atoms with Gasteiger partial charge in [-0.3, -0.25) is 4.79 Å². The fourth-order valence-corrected chi connectivity index (χ4v) is 2.47. The Morgan fingerprint density at radius 1 is 1.08 bits per heavy atom. The zero-order chi connectivity index (χ0) is 18.9. The van der Waals surface area contributed by atoms with Crippen molar-refractivity contribution in [2.45, 2.75) is 32.9 Å². The molecule has 0 radical (unpaired) electrons. The molecule has 0 bridgehead atoms. The maximum absolute atomic E-state index is 12.6. The summed E-state index contributed by atoms with van der Waals surface area (Å²) in [6.07, 6.45) is 0.114. The van der Waals surface area contributed by atoms with E-state index in [1.54, 1.807) is 24.3 Å².